The van der Waals surface area contributed by atoms with Crippen molar-refractivity contribution in [2.45, 2.75) is 0 Å². The molecule has 0 saturated carbocycles. The van der Waals surface area contributed by atoms with Gasteiger partial charge >= 0.3 is 0 Å². The van der Waals surface area contributed by atoms with Crippen molar-refractivity contribution in [3.8, 4) is 17.1 Å². The minimum absolute atomic E-state index is 0. The fraction of sp³-hybridized carbons (Fsp3) is 0. The fourth-order valence-corrected chi connectivity index (χ4v) is 4.25. The maximum absolute atomic E-state index is 4.52. The van der Waals surface area contributed by atoms with Gasteiger partial charge in [0.2, 0.25) is 0 Å². The van der Waals surface area contributed by atoms with Crippen molar-refractivity contribution in [2.75, 3.05) is 0 Å². The van der Waals surface area contributed by atoms with E-state index in [0.717, 1.165) is 17.1 Å². The Morgan fingerprint density at radius 2 is 1.72 bits per heavy atom. The van der Waals surface area contributed by atoms with Crippen LogP contribution < -0.4 is 0 Å². The van der Waals surface area contributed by atoms with Gasteiger partial charge in [0.15, 0.2) is 0 Å². The second kappa shape index (κ2) is 6.57. The summed E-state index contributed by atoms with van der Waals surface area (Å²) in [6.07, 6.45) is 3.84. The van der Waals surface area contributed by atoms with Crippen LogP contribution in [0.2, 0.25) is 0 Å². The zero-order valence-corrected chi connectivity index (χ0v) is 16.4. The Bertz CT molecular complexity index is 1160. The van der Waals surface area contributed by atoms with Gasteiger partial charge in [-0.25, -0.2) is 0 Å². The van der Waals surface area contributed by atoms with Crippen LogP contribution in [0.1, 0.15) is 0 Å². The van der Waals surface area contributed by atoms with Crippen LogP contribution in [0.4, 0.5) is 0 Å². The maximum Gasteiger partial charge on any atom is 0.0602 e. The van der Waals surface area contributed by atoms with Gasteiger partial charge in [0.05, 0.1) is 5.82 Å². The van der Waals surface area contributed by atoms with E-state index in [1.54, 1.807) is 0 Å². The molecule has 0 fully saturated rings. The molecular formula is C21H13IrN2S-. The summed E-state index contributed by atoms with van der Waals surface area (Å²) in [5.74, 6) is 0.913. The van der Waals surface area contributed by atoms with Crippen molar-refractivity contribution in [1.29, 1.82) is 0 Å². The minimum atomic E-state index is 0. The van der Waals surface area contributed by atoms with Gasteiger partial charge in [0, 0.05) is 58.4 Å². The third-order valence-corrected chi connectivity index (χ3v) is 5.36. The van der Waals surface area contributed by atoms with Crippen LogP contribution in [-0.2, 0) is 20.1 Å². The molecule has 4 heteroatoms. The molecule has 5 rings (SSSR count). The number of fused-ring (bicyclic) bond motifs is 3. The molecule has 0 spiro atoms. The molecule has 2 heterocycles. The second-order valence-corrected chi connectivity index (χ2v) is 6.76. The molecule has 5 aromatic rings. The molecular weight excluding hydrogens is 505 g/mol. The van der Waals surface area contributed by atoms with Gasteiger partial charge < -0.3 is 4.57 Å². The number of hydrogen-bond acceptors (Lipinski definition) is 2. The standard InChI is InChI=1S/C21H13N2S.Ir/c1-2-6-15(7-3-1)21-22-12-13-23(21)16-10-11-18-17-8-4-5-9-19(17)24-20(18)14-16;/h1-6,8-14H;/q-1;. The number of nitrogens with zero attached hydrogens (tertiary/aromatic N) is 2. The largest absolute Gasteiger partial charge is 0.340 e. The van der Waals surface area contributed by atoms with E-state index in [1.165, 1.54) is 20.2 Å². The summed E-state index contributed by atoms with van der Waals surface area (Å²) < 4.78 is 4.74. The Morgan fingerprint density at radius 3 is 2.60 bits per heavy atom. The molecule has 2 aromatic heterocycles. The van der Waals surface area contributed by atoms with Crippen LogP contribution in [-0.4, -0.2) is 9.55 Å². The van der Waals surface area contributed by atoms with Crippen LogP contribution in [0, 0.1) is 6.07 Å². The summed E-state index contributed by atoms with van der Waals surface area (Å²) in [6, 6.07) is 26.4. The molecule has 123 valence electrons. The number of rotatable bonds is 2. The van der Waals surface area contributed by atoms with E-state index in [4.69, 9.17) is 0 Å². The van der Waals surface area contributed by atoms with E-state index < -0.39 is 0 Å². The van der Waals surface area contributed by atoms with Crippen LogP contribution >= 0.6 is 11.3 Å². The molecule has 0 unspecified atom stereocenters. The molecule has 2 nitrogen and oxygen atoms in total. The van der Waals surface area contributed by atoms with E-state index >= 15 is 0 Å². The number of benzene rings is 3. The third kappa shape index (κ3) is 2.73. The van der Waals surface area contributed by atoms with E-state index in [1.807, 2.05) is 48.0 Å². The molecule has 0 saturated heterocycles. The molecule has 0 atom stereocenters. The molecule has 0 aliphatic heterocycles. The SMILES string of the molecule is [Ir].[c-]1ccccc1-c1nccn1-c1ccc2c(c1)sc1ccccc12. The Balaban J connectivity index is 0.00000157. The van der Waals surface area contributed by atoms with Gasteiger partial charge in [0.1, 0.15) is 0 Å². The van der Waals surface area contributed by atoms with Crippen molar-refractivity contribution >= 4 is 31.5 Å². The van der Waals surface area contributed by atoms with E-state index in [-0.39, 0.29) is 20.1 Å². The zero-order chi connectivity index (χ0) is 15.9. The van der Waals surface area contributed by atoms with Crippen LogP contribution in [0.5, 0.6) is 0 Å². The Kier molecular flexibility index (Phi) is 4.26. The molecule has 0 N–H and O–H groups in total. The monoisotopic (exact) mass is 518 g/mol. The van der Waals surface area contributed by atoms with Crippen molar-refractivity contribution in [1.82, 2.24) is 9.55 Å². The zero-order valence-electron chi connectivity index (χ0n) is 13.1. The summed E-state index contributed by atoms with van der Waals surface area (Å²) in [6.45, 7) is 0. The Labute approximate surface area is 163 Å². The average Bonchev–Trinajstić information content (AvgIpc) is 3.26. The van der Waals surface area contributed by atoms with E-state index in [9.17, 15) is 0 Å². The van der Waals surface area contributed by atoms with Gasteiger partial charge in [0.25, 0.3) is 0 Å². The predicted molar refractivity (Wildman–Crippen MR) is 101 cm³/mol. The van der Waals surface area contributed by atoms with Crippen LogP contribution in [0.15, 0.2) is 79.1 Å². The van der Waals surface area contributed by atoms with Gasteiger partial charge in [-0.3, -0.25) is 4.98 Å². The molecule has 25 heavy (non-hydrogen) atoms. The Morgan fingerprint density at radius 1 is 0.880 bits per heavy atom. The summed E-state index contributed by atoms with van der Waals surface area (Å²) in [5, 5.41) is 2.64. The van der Waals surface area contributed by atoms with Gasteiger partial charge in [-0.1, -0.05) is 24.3 Å². The second-order valence-electron chi connectivity index (χ2n) is 5.68. The van der Waals surface area contributed by atoms with Crippen molar-refractivity contribution in [2.24, 2.45) is 0 Å². The first-order chi connectivity index (χ1) is 11.9. The normalized spacial score (nSPS) is 10.9. The first-order valence-electron chi connectivity index (χ1n) is 7.82. The third-order valence-electron chi connectivity index (χ3n) is 4.23. The maximum atomic E-state index is 4.52. The first-order valence-corrected chi connectivity index (χ1v) is 8.64. The molecule has 0 amide bonds. The van der Waals surface area contributed by atoms with E-state index in [2.05, 4.69) is 58.1 Å². The number of aromatic nitrogens is 2. The average molecular weight is 518 g/mol. The smallest absolute Gasteiger partial charge is 0.0602 e. The summed E-state index contributed by atoms with van der Waals surface area (Å²) in [5.41, 5.74) is 2.12. The summed E-state index contributed by atoms with van der Waals surface area (Å²) in [4.78, 5) is 4.52. The first kappa shape index (κ1) is 16.2. The van der Waals surface area contributed by atoms with Crippen molar-refractivity contribution in [3.05, 3.63) is 85.2 Å². The summed E-state index contributed by atoms with van der Waals surface area (Å²) >= 11 is 1.83. The Hall–Kier alpha value is -2.26. The van der Waals surface area contributed by atoms with Crippen LogP contribution in [0.25, 0.3) is 37.2 Å². The van der Waals surface area contributed by atoms with E-state index in [0.29, 0.717) is 0 Å². The quantitative estimate of drug-likeness (QED) is 0.275. The number of thiophene rings is 1. The summed E-state index contributed by atoms with van der Waals surface area (Å²) in [7, 11) is 0. The van der Waals surface area contributed by atoms with Gasteiger partial charge in [-0.2, -0.15) is 0 Å². The molecule has 3 aromatic carbocycles. The number of hydrogen-bond donors (Lipinski definition) is 0. The minimum Gasteiger partial charge on any atom is -0.340 e. The van der Waals surface area contributed by atoms with Gasteiger partial charge in [-0.15, -0.1) is 47.2 Å². The van der Waals surface area contributed by atoms with Crippen LogP contribution in [0.3, 0.4) is 0 Å². The van der Waals surface area contributed by atoms with Crippen molar-refractivity contribution in [3.63, 3.8) is 0 Å². The van der Waals surface area contributed by atoms with Gasteiger partial charge in [-0.05, 0) is 18.2 Å². The topological polar surface area (TPSA) is 17.8 Å². The molecule has 1 radical (unpaired) electrons. The molecule has 0 bridgehead atoms. The predicted octanol–water partition coefficient (Wildman–Crippen LogP) is 5.70. The molecule has 0 aliphatic rings. The fourth-order valence-electron chi connectivity index (χ4n) is 3.11. The van der Waals surface area contributed by atoms with Crippen molar-refractivity contribution < 1.29 is 20.1 Å². The number of imidazole rings is 1. The molecule has 0 aliphatic carbocycles.